The molecule has 0 unspecified atom stereocenters. The van der Waals surface area contributed by atoms with Gasteiger partial charge in [-0.2, -0.15) is 0 Å². The van der Waals surface area contributed by atoms with Crippen molar-refractivity contribution in [1.29, 1.82) is 0 Å². The molecule has 1 heterocycles. The number of amides is 1. The van der Waals surface area contributed by atoms with Crippen LogP contribution >= 0.6 is 0 Å². The van der Waals surface area contributed by atoms with E-state index >= 15 is 0 Å². The van der Waals surface area contributed by atoms with Gasteiger partial charge in [0.2, 0.25) is 5.91 Å². The molecule has 1 aromatic rings. The second-order valence-electron chi connectivity index (χ2n) is 6.57. The summed E-state index contributed by atoms with van der Waals surface area (Å²) < 4.78 is 0. The Morgan fingerprint density at radius 1 is 1.30 bits per heavy atom. The van der Waals surface area contributed by atoms with E-state index in [0.717, 1.165) is 38.6 Å². The van der Waals surface area contributed by atoms with E-state index in [4.69, 9.17) is 0 Å². The smallest absolute Gasteiger partial charge is 0.222 e. The van der Waals surface area contributed by atoms with Crippen LogP contribution in [0, 0.1) is 0 Å². The van der Waals surface area contributed by atoms with E-state index in [1.807, 2.05) is 0 Å². The molecule has 0 saturated carbocycles. The second-order valence-corrected chi connectivity index (χ2v) is 6.57. The number of unbranched alkanes of at least 4 members (excludes halogenated alkanes) is 1. The zero-order valence-corrected chi connectivity index (χ0v) is 12.7. The van der Waals surface area contributed by atoms with Crippen LogP contribution in [0.3, 0.4) is 0 Å². The Hall–Kier alpha value is -1.31. The Bertz CT molecular complexity index is 510. The maximum Gasteiger partial charge on any atom is 0.222 e. The highest BCUT2D eigenvalue weighted by Crippen LogP contribution is 2.45. The molecule has 0 aromatic heterocycles. The average molecular weight is 271 g/mol. The molecule has 0 spiro atoms. The first-order valence-corrected chi connectivity index (χ1v) is 8.04. The summed E-state index contributed by atoms with van der Waals surface area (Å²) in [5, 5.41) is 0. The van der Waals surface area contributed by atoms with E-state index in [1.165, 1.54) is 11.1 Å². The van der Waals surface area contributed by atoms with E-state index < -0.39 is 0 Å². The molecule has 108 valence electrons. The zero-order chi connectivity index (χ0) is 14.2. The number of piperidine rings is 1. The van der Waals surface area contributed by atoms with Gasteiger partial charge in [-0.1, -0.05) is 44.5 Å². The van der Waals surface area contributed by atoms with E-state index in [9.17, 15) is 4.79 Å². The summed E-state index contributed by atoms with van der Waals surface area (Å²) in [4.78, 5) is 14.5. The molecular weight excluding hydrogens is 246 g/mol. The van der Waals surface area contributed by atoms with E-state index in [0.29, 0.717) is 18.4 Å². The quantitative estimate of drug-likeness (QED) is 0.821. The van der Waals surface area contributed by atoms with Crippen molar-refractivity contribution in [3.63, 3.8) is 0 Å². The normalized spacial score (nSPS) is 29.0. The molecule has 1 aromatic carbocycles. The number of hydrogen-bond donors (Lipinski definition) is 0. The van der Waals surface area contributed by atoms with Crippen LogP contribution in [-0.2, 0) is 16.6 Å². The van der Waals surface area contributed by atoms with E-state index in [1.54, 1.807) is 0 Å². The molecule has 0 bridgehead atoms. The standard InChI is InChI=1S/C18H25NO/c1-3-4-13-19-16-10-9-14-7-5-6-8-15(14)18(16,2)12-11-17(19)20/h5-8,16H,3-4,9-13H2,1-2H3/t16-,18-/m1/s1. The highest BCUT2D eigenvalue weighted by atomic mass is 16.2. The number of likely N-dealkylation sites (tertiary alicyclic amines) is 1. The first-order chi connectivity index (χ1) is 9.66. The molecule has 1 saturated heterocycles. The van der Waals surface area contributed by atoms with Crippen molar-refractivity contribution in [1.82, 2.24) is 4.90 Å². The lowest BCUT2D eigenvalue weighted by atomic mass is 9.63. The lowest BCUT2D eigenvalue weighted by molar-refractivity contribution is -0.140. The Balaban J connectivity index is 1.95. The molecule has 1 aliphatic heterocycles. The largest absolute Gasteiger partial charge is 0.339 e. The minimum Gasteiger partial charge on any atom is -0.339 e. The molecular formula is C18H25NO. The van der Waals surface area contributed by atoms with Crippen LogP contribution in [-0.4, -0.2) is 23.4 Å². The van der Waals surface area contributed by atoms with E-state index in [2.05, 4.69) is 43.0 Å². The predicted octanol–water partition coefficient (Wildman–Crippen LogP) is 3.68. The lowest BCUT2D eigenvalue weighted by Gasteiger charge is -2.51. The molecule has 2 aliphatic rings. The molecule has 2 nitrogen and oxygen atoms in total. The minimum atomic E-state index is 0.163. The predicted molar refractivity (Wildman–Crippen MR) is 81.8 cm³/mol. The summed E-state index contributed by atoms with van der Waals surface area (Å²) in [6.07, 6.45) is 6.25. The van der Waals surface area contributed by atoms with Crippen LogP contribution in [0.1, 0.15) is 57.1 Å². The van der Waals surface area contributed by atoms with Gasteiger partial charge in [-0.25, -0.2) is 0 Å². The van der Waals surface area contributed by atoms with Crippen molar-refractivity contribution in [3.05, 3.63) is 35.4 Å². The zero-order valence-electron chi connectivity index (χ0n) is 12.7. The Morgan fingerprint density at radius 3 is 2.90 bits per heavy atom. The molecule has 3 rings (SSSR count). The van der Waals surface area contributed by atoms with Crippen LogP contribution in [0.4, 0.5) is 0 Å². The van der Waals surface area contributed by atoms with Crippen LogP contribution in [0.25, 0.3) is 0 Å². The average Bonchev–Trinajstić information content (AvgIpc) is 2.47. The number of nitrogens with zero attached hydrogens (tertiary/aromatic N) is 1. The third kappa shape index (κ3) is 2.06. The topological polar surface area (TPSA) is 20.3 Å². The van der Waals surface area contributed by atoms with Gasteiger partial charge in [0.25, 0.3) is 0 Å². The molecule has 1 amide bonds. The van der Waals surface area contributed by atoms with E-state index in [-0.39, 0.29) is 5.41 Å². The summed E-state index contributed by atoms with van der Waals surface area (Å²) in [5.41, 5.74) is 3.15. The highest BCUT2D eigenvalue weighted by Gasteiger charge is 2.47. The number of aryl methyl sites for hydroxylation is 1. The summed E-state index contributed by atoms with van der Waals surface area (Å²) in [7, 11) is 0. The first-order valence-electron chi connectivity index (χ1n) is 8.04. The van der Waals surface area contributed by atoms with Gasteiger partial charge in [0.15, 0.2) is 0 Å². The van der Waals surface area contributed by atoms with Crippen LogP contribution < -0.4 is 0 Å². The van der Waals surface area contributed by atoms with Gasteiger partial charge in [0.1, 0.15) is 0 Å². The molecule has 2 heteroatoms. The van der Waals surface area contributed by atoms with Crippen molar-refractivity contribution in [2.75, 3.05) is 6.54 Å². The number of benzene rings is 1. The third-order valence-electron chi connectivity index (χ3n) is 5.36. The number of hydrogen-bond acceptors (Lipinski definition) is 1. The van der Waals surface area contributed by atoms with Gasteiger partial charge in [-0.3, -0.25) is 4.79 Å². The summed E-state index contributed by atoms with van der Waals surface area (Å²) in [6, 6.07) is 9.26. The van der Waals surface area contributed by atoms with Crippen molar-refractivity contribution < 1.29 is 4.79 Å². The van der Waals surface area contributed by atoms with Crippen LogP contribution in [0.5, 0.6) is 0 Å². The van der Waals surface area contributed by atoms with Crippen LogP contribution in [0.15, 0.2) is 24.3 Å². The molecule has 20 heavy (non-hydrogen) atoms. The maximum absolute atomic E-state index is 12.3. The fraction of sp³-hybridized carbons (Fsp3) is 0.611. The Kier molecular flexibility index (Phi) is 3.57. The fourth-order valence-electron chi connectivity index (χ4n) is 4.18. The maximum atomic E-state index is 12.3. The first kappa shape index (κ1) is 13.7. The summed E-state index contributed by atoms with van der Waals surface area (Å²) >= 11 is 0. The van der Waals surface area contributed by atoms with Crippen molar-refractivity contribution >= 4 is 5.91 Å². The van der Waals surface area contributed by atoms with Crippen molar-refractivity contribution in [2.24, 2.45) is 0 Å². The van der Waals surface area contributed by atoms with Crippen LogP contribution in [0.2, 0.25) is 0 Å². The lowest BCUT2D eigenvalue weighted by Crippen LogP contribution is -2.57. The fourth-order valence-corrected chi connectivity index (χ4v) is 4.18. The molecule has 0 N–H and O–H groups in total. The number of carbonyl (C=O) groups is 1. The summed E-state index contributed by atoms with van der Waals surface area (Å²) in [6.45, 7) is 5.52. The molecule has 1 fully saturated rings. The van der Waals surface area contributed by atoms with Gasteiger partial charge in [0.05, 0.1) is 0 Å². The van der Waals surface area contributed by atoms with Gasteiger partial charge in [-0.15, -0.1) is 0 Å². The number of fused-ring (bicyclic) bond motifs is 3. The highest BCUT2D eigenvalue weighted by molar-refractivity contribution is 5.78. The summed E-state index contributed by atoms with van der Waals surface area (Å²) in [5.74, 6) is 0.375. The Labute approximate surface area is 122 Å². The monoisotopic (exact) mass is 271 g/mol. The third-order valence-corrected chi connectivity index (χ3v) is 5.36. The molecule has 2 atom stereocenters. The Morgan fingerprint density at radius 2 is 2.10 bits per heavy atom. The second kappa shape index (κ2) is 5.23. The van der Waals surface area contributed by atoms with Crippen molar-refractivity contribution in [3.8, 4) is 0 Å². The minimum absolute atomic E-state index is 0.163. The number of carbonyl (C=O) groups excluding carboxylic acids is 1. The van der Waals surface area contributed by atoms with Gasteiger partial charge >= 0.3 is 0 Å². The van der Waals surface area contributed by atoms with Gasteiger partial charge < -0.3 is 4.90 Å². The SMILES string of the molecule is CCCCN1C(=O)CC[C@]2(C)c3ccccc3CC[C@@H]12. The number of rotatable bonds is 3. The molecule has 1 aliphatic carbocycles. The molecule has 0 radical (unpaired) electrons. The van der Waals surface area contributed by atoms with Crippen molar-refractivity contribution in [2.45, 2.75) is 63.8 Å². The van der Waals surface area contributed by atoms with Gasteiger partial charge in [-0.05, 0) is 36.8 Å². The van der Waals surface area contributed by atoms with Gasteiger partial charge in [0, 0.05) is 24.4 Å².